The van der Waals surface area contributed by atoms with Gasteiger partial charge in [0.05, 0.1) is 7.11 Å². The van der Waals surface area contributed by atoms with Crippen molar-refractivity contribution in [2.75, 3.05) is 7.11 Å². The van der Waals surface area contributed by atoms with Gasteiger partial charge < -0.3 is 14.1 Å². The number of hydrogen-bond acceptors (Lipinski definition) is 4. The van der Waals surface area contributed by atoms with E-state index >= 15 is 0 Å². The number of ether oxygens (including phenoxy) is 1. The molecule has 4 aromatic rings. The van der Waals surface area contributed by atoms with Crippen LogP contribution in [-0.2, 0) is 0 Å². The van der Waals surface area contributed by atoms with Crippen LogP contribution in [0.3, 0.4) is 0 Å². The summed E-state index contributed by atoms with van der Waals surface area (Å²) in [5.74, 6) is 1.12. The number of rotatable bonds is 2. The highest BCUT2D eigenvalue weighted by molar-refractivity contribution is 6.05. The largest absolute Gasteiger partial charge is 0.497 e. The number of H-pyrrole nitrogens is 1. The quantitative estimate of drug-likeness (QED) is 0.575. The van der Waals surface area contributed by atoms with Crippen LogP contribution in [0.15, 0.2) is 68.6 Å². The van der Waals surface area contributed by atoms with Gasteiger partial charge in [0, 0.05) is 21.9 Å². The molecule has 0 aliphatic carbocycles. The van der Waals surface area contributed by atoms with Crippen LogP contribution in [0.5, 0.6) is 5.75 Å². The molecule has 0 atom stereocenters. The number of methoxy groups -OCH3 is 1. The molecule has 24 heavy (non-hydrogen) atoms. The third kappa shape index (κ3) is 2.18. The Balaban J connectivity index is 2.07. The fraction of sp³-hybridized carbons (Fsp3) is 0.0526. The van der Waals surface area contributed by atoms with Crippen LogP contribution in [0.2, 0.25) is 0 Å². The number of para-hydroxylation sites is 1. The molecular formula is C19H13NO4. The zero-order chi connectivity index (χ0) is 16.7. The van der Waals surface area contributed by atoms with Crippen LogP contribution < -0.4 is 15.9 Å². The Morgan fingerprint density at radius 1 is 0.958 bits per heavy atom. The van der Waals surface area contributed by atoms with Crippen LogP contribution in [0.25, 0.3) is 33.0 Å². The molecule has 1 N–H and O–H groups in total. The lowest BCUT2D eigenvalue weighted by Gasteiger charge is -2.06. The van der Waals surface area contributed by atoms with Crippen LogP contribution in [0.1, 0.15) is 0 Å². The van der Waals surface area contributed by atoms with Gasteiger partial charge in [-0.3, -0.25) is 4.79 Å². The summed E-state index contributed by atoms with van der Waals surface area (Å²) in [5, 5.41) is 1.41. The standard InChI is InChI=1S/C19H13NO4/c1-23-12-8-6-11(7-9-12)16-10-14-13-4-2-3-5-15(13)20-18(21)17(14)19(22)24-16/h2-10H,1H3,(H,20,21). The summed E-state index contributed by atoms with van der Waals surface area (Å²) < 4.78 is 10.5. The van der Waals surface area contributed by atoms with E-state index in [1.54, 1.807) is 43.5 Å². The van der Waals surface area contributed by atoms with Gasteiger partial charge in [-0.15, -0.1) is 0 Å². The molecule has 0 amide bonds. The molecule has 5 nitrogen and oxygen atoms in total. The number of fused-ring (bicyclic) bond motifs is 3. The van der Waals surface area contributed by atoms with Crippen molar-refractivity contribution in [3.63, 3.8) is 0 Å². The molecule has 0 spiro atoms. The summed E-state index contributed by atoms with van der Waals surface area (Å²) >= 11 is 0. The third-order valence-corrected chi connectivity index (χ3v) is 4.02. The van der Waals surface area contributed by atoms with E-state index in [0.717, 1.165) is 10.9 Å². The molecule has 0 aliphatic heterocycles. The Morgan fingerprint density at radius 2 is 1.71 bits per heavy atom. The highest BCUT2D eigenvalue weighted by atomic mass is 16.5. The second-order valence-corrected chi connectivity index (χ2v) is 5.41. The first kappa shape index (κ1) is 14.3. The van der Waals surface area contributed by atoms with E-state index < -0.39 is 11.2 Å². The first-order valence-electron chi connectivity index (χ1n) is 7.40. The van der Waals surface area contributed by atoms with E-state index in [1.165, 1.54) is 0 Å². The van der Waals surface area contributed by atoms with Gasteiger partial charge in [0.2, 0.25) is 0 Å². The molecule has 0 radical (unpaired) electrons. The Kier molecular flexibility index (Phi) is 3.20. The van der Waals surface area contributed by atoms with Gasteiger partial charge in [0.1, 0.15) is 16.9 Å². The zero-order valence-electron chi connectivity index (χ0n) is 12.8. The van der Waals surface area contributed by atoms with E-state index in [1.807, 2.05) is 18.2 Å². The summed E-state index contributed by atoms with van der Waals surface area (Å²) in [6.07, 6.45) is 0. The summed E-state index contributed by atoms with van der Waals surface area (Å²) in [6.45, 7) is 0. The average Bonchev–Trinajstić information content (AvgIpc) is 2.61. The van der Waals surface area contributed by atoms with E-state index in [-0.39, 0.29) is 5.39 Å². The molecule has 0 unspecified atom stereocenters. The van der Waals surface area contributed by atoms with E-state index in [0.29, 0.717) is 22.4 Å². The minimum absolute atomic E-state index is 0.0333. The van der Waals surface area contributed by atoms with Crippen molar-refractivity contribution in [2.45, 2.75) is 0 Å². The third-order valence-electron chi connectivity index (χ3n) is 4.02. The number of nitrogens with one attached hydrogen (secondary N) is 1. The Labute approximate surface area is 136 Å². The molecular weight excluding hydrogens is 306 g/mol. The minimum atomic E-state index is -0.648. The first-order chi connectivity index (χ1) is 11.7. The van der Waals surface area contributed by atoms with Gasteiger partial charge >= 0.3 is 5.63 Å². The molecule has 2 aromatic carbocycles. The van der Waals surface area contributed by atoms with Crippen molar-refractivity contribution < 1.29 is 9.15 Å². The average molecular weight is 319 g/mol. The molecule has 0 fully saturated rings. The highest BCUT2D eigenvalue weighted by Gasteiger charge is 2.13. The van der Waals surface area contributed by atoms with Crippen molar-refractivity contribution in [3.8, 4) is 17.1 Å². The summed E-state index contributed by atoms with van der Waals surface area (Å²) in [4.78, 5) is 27.3. The maximum absolute atomic E-state index is 12.3. The summed E-state index contributed by atoms with van der Waals surface area (Å²) in [5.41, 5.74) is 0.324. The van der Waals surface area contributed by atoms with Gasteiger partial charge in [0.15, 0.2) is 0 Å². The van der Waals surface area contributed by atoms with E-state index in [2.05, 4.69) is 4.98 Å². The number of aromatic nitrogens is 1. The van der Waals surface area contributed by atoms with Crippen LogP contribution in [0, 0.1) is 0 Å². The maximum Gasteiger partial charge on any atom is 0.349 e. The number of benzene rings is 2. The Morgan fingerprint density at radius 3 is 2.46 bits per heavy atom. The topological polar surface area (TPSA) is 72.3 Å². The zero-order valence-corrected chi connectivity index (χ0v) is 12.8. The lowest BCUT2D eigenvalue weighted by molar-refractivity contribution is 0.415. The number of hydrogen-bond donors (Lipinski definition) is 1. The summed E-state index contributed by atoms with van der Waals surface area (Å²) in [7, 11) is 1.59. The van der Waals surface area contributed by atoms with Gasteiger partial charge in [0.25, 0.3) is 5.56 Å². The Hall–Kier alpha value is -3.34. The lowest BCUT2D eigenvalue weighted by atomic mass is 10.1. The van der Waals surface area contributed by atoms with Crippen molar-refractivity contribution in [1.82, 2.24) is 4.98 Å². The van der Waals surface area contributed by atoms with Crippen molar-refractivity contribution in [2.24, 2.45) is 0 Å². The molecule has 2 aromatic heterocycles. The molecule has 2 heterocycles. The van der Waals surface area contributed by atoms with Gasteiger partial charge in [-0.1, -0.05) is 18.2 Å². The first-order valence-corrected chi connectivity index (χ1v) is 7.40. The lowest BCUT2D eigenvalue weighted by Crippen LogP contribution is -2.15. The molecule has 118 valence electrons. The predicted octanol–water partition coefficient (Wildman–Crippen LogP) is 3.31. The molecule has 0 aliphatic rings. The molecule has 0 saturated carbocycles. The van der Waals surface area contributed by atoms with E-state index in [4.69, 9.17) is 9.15 Å². The number of aromatic amines is 1. The second-order valence-electron chi connectivity index (χ2n) is 5.41. The fourth-order valence-electron chi connectivity index (χ4n) is 2.83. The summed E-state index contributed by atoms with van der Waals surface area (Å²) in [6, 6.07) is 16.3. The Bertz CT molecular complexity index is 1170. The van der Waals surface area contributed by atoms with Crippen molar-refractivity contribution in [1.29, 1.82) is 0 Å². The molecule has 0 bridgehead atoms. The van der Waals surface area contributed by atoms with Crippen molar-refractivity contribution >= 4 is 21.7 Å². The van der Waals surface area contributed by atoms with Crippen LogP contribution >= 0.6 is 0 Å². The normalized spacial score (nSPS) is 11.0. The molecule has 5 heteroatoms. The van der Waals surface area contributed by atoms with E-state index in [9.17, 15) is 9.59 Å². The van der Waals surface area contributed by atoms with Crippen LogP contribution in [0.4, 0.5) is 0 Å². The maximum atomic E-state index is 12.3. The van der Waals surface area contributed by atoms with Gasteiger partial charge in [-0.2, -0.15) is 0 Å². The molecule has 4 rings (SSSR count). The fourth-order valence-corrected chi connectivity index (χ4v) is 2.83. The molecule has 0 saturated heterocycles. The SMILES string of the molecule is COc1ccc(-c2cc3c(c(=O)[nH]c4ccccc43)c(=O)o2)cc1. The van der Waals surface area contributed by atoms with Gasteiger partial charge in [-0.25, -0.2) is 4.79 Å². The van der Waals surface area contributed by atoms with Crippen LogP contribution in [-0.4, -0.2) is 12.1 Å². The predicted molar refractivity (Wildman–Crippen MR) is 92.6 cm³/mol. The highest BCUT2D eigenvalue weighted by Crippen LogP contribution is 2.26. The van der Waals surface area contributed by atoms with Gasteiger partial charge in [-0.05, 0) is 36.4 Å². The van der Waals surface area contributed by atoms with Crippen molar-refractivity contribution in [3.05, 3.63) is 75.4 Å². The monoisotopic (exact) mass is 319 g/mol. The second kappa shape index (κ2) is 5.38. The minimum Gasteiger partial charge on any atom is -0.497 e. The number of pyridine rings is 1. The smallest absolute Gasteiger partial charge is 0.349 e.